The molecular formula is C28H28N5O5S2-. The lowest BCUT2D eigenvalue weighted by Gasteiger charge is -2.23. The molecule has 0 aliphatic heterocycles. The van der Waals surface area contributed by atoms with E-state index in [0.29, 0.717) is 17.8 Å². The maximum absolute atomic E-state index is 13.6. The SMILES string of the molecule is COC(=O)N[C@@H](Cc1ccccc1)C(=O)N[C@@H](Cc1ccc(NS(=O)[O-])cc1)c1csc(-c2ccc(C)nc2)n1. The summed E-state index contributed by atoms with van der Waals surface area (Å²) in [6.45, 7) is 1.91. The molecule has 4 rings (SSSR count). The number of aryl methyl sites for hydroxylation is 1. The number of alkyl carbamates (subject to hydrolysis) is 1. The third-order valence-corrected chi connectivity index (χ3v) is 7.34. The molecule has 3 N–H and O–H groups in total. The first kappa shape index (κ1) is 28.9. The molecule has 0 saturated heterocycles. The third-order valence-electron chi connectivity index (χ3n) is 6.03. The summed E-state index contributed by atoms with van der Waals surface area (Å²) in [5, 5.41) is 8.33. The first-order valence-electron chi connectivity index (χ1n) is 12.3. The number of thiazole rings is 1. The molecule has 10 nitrogen and oxygen atoms in total. The lowest BCUT2D eigenvalue weighted by atomic mass is 10.0. The van der Waals surface area contributed by atoms with Crippen LogP contribution in [-0.4, -0.2) is 43.9 Å². The normalized spacial score (nSPS) is 13.1. The van der Waals surface area contributed by atoms with E-state index in [1.54, 1.807) is 30.5 Å². The number of nitrogens with one attached hydrogen (secondary N) is 3. The predicted molar refractivity (Wildman–Crippen MR) is 153 cm³/mol. The largest absolute Gasteiger partial charge is 0.755 e. The van der Waals surface area contributed by atoms with Gasteiger partial charge >= 0.3 is 6.09 Å². The number of benzene rings is 2. The average Bonchev–Trinajstić information content (AvgIpc) is 3.44. The van der Waals surface area contributed by atoms with Gasteiger partial charge in [-0.3, -0.25) is 14.0 Å². The van der Waals surface area contributed by atoms with Gasteiger partial charge in [0.25, 0.3) is 0 Å². The van der Waals surface area contributed by atoms with E-state index < -0.39 is 35.4 Å². The van der Waals surface area contributed by atoms with Crippen molar-refractivity contribution in [1.29, 1.82) is 0 Å². The fourth-order valence-corrected chi connectivity index (χ4v) is 5.17. The van der Waals surface area contributed by atoms with E-state index >= 15 is 0 Å². The Balaban J connectivity index is 1.60. The highest BCUT2D eigenvalue weighted by Gasteiger charge is 2.26. The fourth-order valence-electron chi connectivity index (χ4n) is 3.98. The van der Waals surface area contributed by atoms with Gasteiger partial charge in [0.2, 0.25) is 5.91 Å². The second kappa shape index (κ2) is 13.8. The summed E-state index contributed by atoms with van der Waals surface area (Å²) in [6.07, 6.45) is 1.68. The van der Waals surface area contributed by atoms with E-state index in [1.807, 2.05) is 54.8 Å². The smallest absolute Gasteiger partial charge is 0.407 e. The number of hydrogen-bond acceptors (Lipinski definition) is 8. The molecule has 1 unspecified atom stereocenters. The Kier molecular flexibility index (Phi) is 9.95. The summed E-state index contributed by atoms with van der Waals surface area (Å²) in [5.74, 6) is -0.397. The molecule has 4 aromatic rings. The zero-order valence-electron chi connectivity index (χ0n) is 21.8. The molecular weight excluding hydrogens is 550 g/mol. The van der Waals surface area contributed by atoms with E-state index in [2.05, 4.69) is 20.3 Å². The summed E-state index contributed by atoms with van der Waals surface area (Å²) >= 11 is -0.994. The van der Waals surface area contributed by atoms with Gasteiger partial charge in [-0.25, -0.2) is 9.78 Å². The van der Waals surface area contributed by atoms with Crippen molar-refractivity contribution in [3.63, 3.8) is 0 Å². The van der Waals surface area contributed by atoms with Crippen LogP contribution in [0.1, 0.15) is 28.6 Å². The van der Waals surface area contributed by atoms with Gasteiger partial charge in [-0.05, 0) is 48.7 Å². The molecule has 2 aromatic carbocycles. The highest BCUT2D eigenvalue weighted by Crippen LogP contribution is 2.28. The number of amides is 2. The number of methoxy groups -OCH3 is 1. The maximum atomic E-state index is 13.6. The Labute approximate surface area is 238 Å². The molecule has 0 spiro atoms. The summed E-state index contributed by atoms with van der Waals surface area (Å²) in [7, 11) is 1.24. The van der Waals surface area contributed by atoms with Gasteiger partial charge in [-0.15, -0.1) is 11.3 Å². The van der Waals surface area contributed by atoms with E-state index in [0.717, 1.165) is 27.4 Å². The quantitative estimate of drug-likeness (QED) is 0.227. The minimum atomic E-state index is -2.43. The van der Waals surface area contributed by atoms with Crippen LogP contribution in [0.5, 0.6) is 0 Å². The Bertz CT molecular complexity index is 1450. The number of ether oxygens (including phenoxy) is 1. The van der Waals surface area contributed by atoms with E-state index in [9.17, 15) is 18.4 Å². The second-order valence-electron chi connectivity index (χ2n) is 8.94. The van der Waals surface area contributed by atoms with Crippen molar-refractivity contribution in [2.45, 2.75) is 31.8 Å². The molecule has 2 heterocycles. The number of pyridine rings is 1. The van der Waals surface area contributed by atoms with Crippen LogP contribution in [0.25, 0.3) is 10.6 Å². The maximum Gasteiger partial charge on any atom is 0.407 e. The van der Waals surface area contributed by atoms with Crippen molar-refractivity contribution < 1.29 is 23.1 Å². The molecule has 2 amide bonds. The van der Waals surface area contributed by atoms with Gasteiger partial charge in [0.15, 0.2) is 0 Å². The van der Waals surface area contributed by atoms with E-state index in [4.69, 9.17) is 9.72 Å². The van der Waals surface area contributed by atoms with Gasteiger partial charge in [-0.2, -0.15) is 0 Å². The van der Waals surface area contributed by atoms with Crippen LogP contribution in [0, 0.1) is 6.92 Å². The molecule has 12 heteroatoms. The average molecular weight is 579 g/mol. The van der Waals surface area contributed by atoms with Crippen LogP contribution >= 0.6 is 11.3 Å². The highest BCUT2D eigenvalue weighted by molar-refractivity contribution is 7.80. The van der Waals surface area contributed by atoms with Crippen LogP contribution in [-0.2, 0) is 33.6 Å². The molecule has 3 atom stereocenters. The Morgan fingerprint density at radius 1 is 1.00 bits per heavy atom. The van der Waals surface area contributed by atoms with E-state index in [1.165, 1.54) is 18.4 Å². The van der Waals surface area contributed by atoms with Crippen molar-refractivity contribution >= 4 is 40.3 Å². The van der Waals surface area contributed by atoms with Gasteiger partial charge in [0, 0.05) is 46.2 Å². The summed E-state index contributed by atoms with van der Waals surface area (Å²) in [4.78, 5) is 34.8. The van der Waals surface area contributed by atoms with Gasteiger partial charge in [0.1, 0.15) is 11.0 Å². The minimum absolute atomic E-state index is 0.262. The lowest BCUT2D eigenvalue weighted by Crippen LogP contribution is -2.49. The first-order chi connectivity index (χ1) is 19.3. The van der Waals surface area contributed by atoms with Gasteiger partial charge in [0.05, 0.1) is 18.8 Å². The molecule has 0 saturated carbocycles. The molecule has 208 valence electrons. The van der Waals surface area contributed by atoms with Crippen molar-refractivity contribution in [2.75, 3.05) is 11.8 Å². The third kappa shape index (κ3) is 8.18. The van der Waals surface area contributed by atoms with Crippen LogP contribution in [0.4, 0.5) is 10.5 Å². The number of carbonyl (C=O) groups is 2. The summed E-state index contributed by atoms with van der Waals surface area (Å²) in [6, 6.07) is 18.6. The van der Waals surface area contributed by atoms with Crippen LogP contribution in [0.2, 0.25) is 0 Å². The molecule has 0 radical (unpaired) electrons. The molecule has 0 aliphatic carbocycles. The lowest BCUT2D eigenvalue weighted by molar-refractivity contribution is -0.123. The Hall–Kier alpha value is -4.13. The number of aromatic nitrogens is 2. The standard InChI is InChI=1S/C28H29N5O5S2/c1-18-8-11-21(16-29-18)27-31-25(17-39-27)23(14-20-9-12-22(13-10-20)33-40(36)37)30-26(34)24(32-28(35)38-2)15-19-6-4-3-5-7-19/h3-13,16-17,23-24,33H,14-15H2,1-2H3,(H,30,34)(H,32,35)(H,36,37)/p-1/t23-,24-/m0/s1. The van der Waals surface area contributed by atoms with Crippen LogP contribution < -0.4 is 15.4 Å². The summed E-state index contributed by atoms with van der Waals surface area (Å²) < 4.78 is 29.0. The van der Waals surface area contributed by atoms with Crippen molar-refractivity contribution in [2.24, 2.45) is 0 Å². The zero-order valence-corrected chi connectivity index (χ0v) is 23.5. The molecule has 0 fully saturated rings. The zero-order chi connectivity index (χ0) is 28.5. The molecule has 0 aliphatic rings. The monoisotopic (exact) mass is 578 g/mol. The first-order valence-corrected chi connectivity index (χ1v) is 14.3. The second-order valence-corrected chi connectivity index (χ2v) is 10.5. The number of rotatable bonds is 11. The van der Waals surface area contributed by atoms with Crippen LogP contribution in [0.3, 0.4) is 0 Å². The Morgan fingerprint density at radius 3 is 2.38 bits per heavy atom. The van der Waals surface area contributed by atoms with Crippen molar-refractivity contribution in [1.82, 2.24) is 20.6 Å². The molecule has 40 heavy (non-hydrogen) atoms. The number of hydrogen-bond donors (Lipinski definition) is 3. The number of anilines is 1. The van der Waals surface area contributed by atoms with Crippen molar-refractivity contribution in [3.8, 4) is 10.6 Å². The van der Waals surface area contributed by atoms with Gasteiger partial charge in [-0.1, -0.05) is 42.5 Å². The highest BCUT2D eigenvalue weighted by atomic mass is 32.2. The molecule has 2 aromatic heterocycles. The van der Waals surface area contributed by atoms with Crippen molar-refractivity contribution in [3.05, 3.63) is 101 Å². The number of nitrogens with zero attached hydrogens (tertiary/aromatic N) is 2. The minimum Gasteiger partial charge on any atom is -0.755 e. The Morgan fingerprint density at radius 2 is 1.73 bits per heavy atom. The van der Waals surface area contributed by atoms with E-state index in [-0.39, 0.29) is 6.42 Å². The fraction of sp³-hybridized carbons (Fsp3) is 0.214. The predicted octanol–water partition coefficient (Wildman–Crippen LogP) is 4.09. The topological polar surface area (TPSA) is 145 Å². The van der Waals surface area contributed by atoms with Crippen LogP contribution in [0.15, 0.2) is 78.3 Å². The summed E-state index contributed by atoms with van der Waals surface area (Å²) in [5.41, 5.74) is 4.55. The van der Waals surface area contributed by atoms with Gasteiger partial charge < -0.3 is 24.6 Å². The number of carbonyl (C=O) groups excluding carboxylic acids is 2. The molecule has 0 bridgehead atoms.